The van der Waals surface area contributed by atoms with E-state index < -0.39 is 0 Å². The normalized spacial score (nSPS) is 37.7. The van der Waals surface area contributed by atoms with Gasteiger partial charge < -0.3 is 4.90 Å². The molecule has 3 aliphatic rings. The number of hydrogen-bond acceptors (Lipinski definition) is 3. The Labute approximate surface area is 120 Å². The molecule has 0 aromatic heterocycles. The fourth-order valence-electron chi connectivity index (χ4n) is 4.36. The maximum absolute atomic E-state index is 13.0. The predicted octanol–water partition coefficient (Wildman–Crippen LogP) is 2.75. The van der Waals surface area contributed by atoms with E-state index in [0.717, 1.165) is 19.3 Å². The van der Waals surface area contributed by atoms with Crippen LogP contribution in [0.5, 0.6) is 0 Å². The molecule has 108 valence electrons. The van der Waals surface area contributed by atoms with Crippen molar-refractivity contribution in [1.29, 1.82) is 0 Å². The standard InChI is InChI=1S/C15H26N2OS/c1-3-13-16-15(9-4-5-10-15)14(18)17(13)11-7-6-8-12(11)19-2/h11-13,16H,3-10H2,1-2H3. The lowest BCUT2D eigenvalue weighted by Gasteiger charge is -2.33. The van der Waals surface area contributed by atoms with Crippen molar-refractivity contribution in [3.8, 4) is 0 Å². The third-order valence-electron chi connectivity index (χ3n) is 5.34. The highest BCUT2D eigenvalue weighted by atomic mass is 32.2. The van der Waals surface area contributed by atoms with Crippen LogP contribution >= 0.6 is 11.8 Å². The Morgan fingerprint density at radius 3 is 2.68 bits per heavy atom. The number of nitrogens with zero attached hydrogens (tertiary/aromatic N) is 1. The first-order valence-electron chi connectivity index (χ1n) is 7.85. The molecule has 0 aromatic rings. The van der Waals surface area contributed by atoms with Crippen LogP contribution in [0.25, 0.3) is 0 Å². The van der Waals surface area contributed by atoms with Crippen LogP contribution in [0, 0.1) is 0 Å². The summed E-state index contributed by atoms with van der Waals surface area (Å²) in [6.45, 7) is 2.20. The maximum atomic E-state index is 13.0. The van der Waals surface area contributed by atoms with Gasteiger partial charge in [0.15, 0.2) is 0 Å². The Morgan fingerprint density at radius 2 is 2.05 bits per heavy atom. The number of rotatable bonds is 3. The zero-order chi connectivity index (χ0) is 13.5. The molecule has 0 radical (unpaired) electrons. The van der Waals surface area contributed by atoms with Gasteiger partial charge in [-0.05, 0) is 38.4 Å². The fourth-order valence-corrected chi connectivity index (χ4v) is 5.34. The van der Waals surface area contributed by atoms with Gasteiger partial charge >= 0.3 is 0 Å². The summed E-state index contributed by atoms with van der Waals surface area (Å²) in [5.41, 5.74) is -0.188. The Hall–Kier alpha value is -0.220. The van der Waals surface area contributed by atoms with E-state index in [1.54, 1.807) is 0 Å². The number of hydrogen-bond donors (Lipinski definition) is 1. The van der Waals surface area contributed by atoms with Crippen molar-refractivity contribution in [2.24, 2.45) is 0 Å². The lowest BCUT2D eigenvalue weighted by molar-refractivity contribution is -0.135. The summed E-state index contributed by atoms with van der Waals surface area (Å²) in [5, 5.41) is 4.35. The highest BCUT2D eigenvalue weighted by Gasteiger charge is 2.54. The molecule has 1 spiro atoms. The number of carbonyl (C=O) groups is 1. The van der Waals surface area contributed by atoms with E-state index in [2.05, 4.69) is 23.4 Å². The summed E-state index contributed by atoms with van der Waals surface area (Å²) in [5.74, 6) is 0.419. The molecule has 1 amide bonds. The molecule has 0 bridgehead atoms. The zero-order valence-corrected chi connectivity index (χ0v) is 13.0. The van der Waals surface area contributed by atoms with Crippen LogP contribution < -0.4 is 5.32 Å². The van der Waals surface area contributed by atoms with Gasteiger partial charge in [0.25, 0.3) is 0 Å². The quantitative estimate of drug-likeness (QED) is 0.864. The van der Waals surface area contributed by atoms with Crippen molar-refractivity contribution in [1.82, 2.24) is 10.2 Å². The number of thioether (sulfide) groups is 1. The molecule has 3 unspecified atom stereocenters. The fraction of sp³-hybridized carbons (Fsp3) is 0.933. The average Bonchev–Trinajstić information content (AvgIpc) is 3.11. The Morgan fingerprint density at radius 1 is 1.32 bits per heavy atom. The van der Waals surface area contributed by atoms with Gasteiger partial charge in [-0.1, -0.05) is 26.2 Å². The van der Waals surface area contributed by atoms with E-state index in [0.29, 0.717) is 17.2 Å². The topological polar surface area (TPSA) is 32.3 Å². The molecule has 3 atom stereocenters. The van der Waals surface area contributed by atoms with E-state index in [-0.39, 0.29) is 11.7 Å². The van der Waals surface area contributed by atoms with Gasteiger partial charge in [-0.2, -0.15) is 11.8 Å². The minimum atomic E-state index is -0.188. The van der Waals surface area contributed by atoms with Crippen LogP contribution in [-0.2, 0) is 4.79 Å². The van der Waals surface area contributed by atoms with Gasteiger partial charge in [0, 0.05) is 11.3 Å². The first-order valence-corrected chi connectivity index (χ1v) is 9.14. The predicted molar refractivity (Wildman–Crippen MR) is 80.2 cm³/mol. The molecule has 1 heterocycles. The molecule has 0 aromatic carbocycles. The van der Waals surface area contributed by atoms with Crippen molar-refractivity contribution in [2.75, 3.05) is 6.26 Å². The van der Waals surface area contributed by atoms with Crippen molar-refractivity contribution in [3.63, 3.8) is 0 Å². The molecular formula is C15H26N2OS. The van der Waals surface area contributed by atoms with Crippen LogP contribution in [-0.4, -0.2) is 40.1 Å². The Kier molecular flexibility index (Phi) is 3.82. The number of amides is 1. The molecule has 1 saturated heterocycles. The molecule has 4 heteroatoms. The lowest BCUT2D eigenvalue weighted by atomic mass is 9.97. The Balaban J connectivity index is 1.84. The SMILES string of the molecule is CCC1NC2(CCCC2)C(=O)N1C1CCCC1SC. The van der Waals surface area contributed by atoms with Crippen molar-refractivity contribution in [3.05, 3.63) is 0 Å². The molecule has 3 nitrogen and oxygen atoms in total. The van der Waals surface area contributed by atoms with E-state index in [4.69, 9.17) is 0 Å². The van der Waals surface area contributed by atoms with Crippen LogP contribution in [0.2, 0.25) is 0 Å². The molecule has 19 heavy (non-hydrogen) atoms. The molecule has 2 aliphatic carbocycles. The first kappa shape index (κ1) is 13.7. The van der Waals surface area contributed by atoms with Gasteiger partial charge in [-0.3, -0.25) is 10.1 Å². The molecular weight excluding hydrogens is 256 g/mol. The lowest BCUT2D eigenvalue weighted by Crippen LogP contribution is -2.47. The number of nitrogens with one attached hydrogen (secondary N) is 1. The maximum Gasteiger partial charge on any atom is 0.244 e. The van der Waals surface area contributed by atoms with E-state index >= 15 is 0 Å². The van der Waals surface area contributed by atoms with Gasteiger partial charge in [-0.25, -0.2) is 0 Å². The highest BCUT2D eigenvalue weighted by molar-refractivity contribution is 7.99. The summed E-state index contributed by atoms with van der Waals surface area (Å²) >= 11 is 1.95. The second kappa shape index (κ2) is 5.28. The molecule has 1 N–H and O–H groups in total. The molecule has 1 aliphatic heterocycles. The van der Waals surface area contributed by atoms with Crippen LogP contribution in [0.1, 0.15) is 58.3 Å². The van der Waals surface area contributed by atoms with Crippen molar-refractivity contribution < 1.29 is 4.79 Å². The summed E-state index contributed by atoms with van der Waals surface area (Å²) in [6, 6.07) is 0.472. The van der Waals surface area contributed by atoms with E-state index in [1.165, 1.54) is 32.1 Å². The third kappa shape index (κ3) is 2.11. The van der Waals surface area contributed by atoms with Crippen LogP contribution in [0.4, 0.5) is 0 Å². The summed E-state index contributed by atoms with van der Waals surface area (Å²) in [7, 11) is 0. The molecule has 3 fully saturated rings. The molecule has 2 saturated carbocycles. The van der Waals surface area contributed by atoms with E-state index in [1.807, 2.05) is 11.8 Å². The Bertz CT molecular complexity index is 354. The minimum absolute atomic E-state index is 0.188. The minimum Gasteiger partial charge on any atom is -0.321 e. The highest BCUT2D eigenvalue weighted by Crippen LogP contribution is 2.42. The summed E-state index contributed by atoms with van der Waals surface area (Å²) in [6.07, 6.45) is 11.8. The number of carbonyl (C=O) groups excluding carboxylic acids is 1. The zero-order valence-electron chi connectivity index (χ0n) is 12.2. The summed E-state index contributed by atoms with van der Waals surface area (Å²) < 4.78 is 0. The van der Waals surface area contributed by atoms with Gasteiger partial charge in [0.1, 0.15) is 0 Å². The average molecular weight is 282 g/mol. The van der Waals surface area contributed by atoms with E-state index in [9.17, 15) is 4.79 Å². The monoisotopic (exact) mass is 282 g/mol. The first-order chi connectivity index (χ1) is 9.22. The van der Waals surface area contributed by atoms with Crippen LogP contribution in [0.3, 0.4) is 0 Å². The largest absolute Gasteiger partial charge is 0.321 e. The third-order valence-corrected chi connectivity index (χ3v) is 6.50. The molecule has 3 rings (SSSR count). The van der Waals surface area contributed by atoms with Gasteiger partial charge in [0.05, 0.1) is 11.7 Å². The second-order valence-electron chi connectivity index (χ2n) is 6.34. The van der Waals surface area contributed by atoms with Crippen molar-refractivity contribution in [2.45, 2.75) is 81.3 Å². The van der Waals surface area contributed by atoms with Crippen molar-refractivity contribution >= 4 is 17.7 Å². The smallest absolute Gasteiger partial charge is 0.244 e. The van der Waals surface area contributed by atoms with Gasteiger partial charge in [0.2, 0.25) is 5.91 Å². The van der Waals surface area contributed by atoms with Gasteiger partial charge in [-0.15, -0.1) is 0 Å². The summed E-state index contributed by atoms with van der Waals surface area (Å²) in [4.78, 5) is 15.3. The second-order valence-corrected chi connectivity index (χ2v) is 7.42. The van der Waals surface area contributed by atoms with Crippen LogP contribution in [0.15, 0.2) is 0 Å².